The van der Waals surface area contributed by atoms with Crippen molar-refractivity contribution in [1.29, 1.82) is 0 Å². The summed E-state index contributed by atoms with van der Waals surface area (Å²) in [7, 11) is 0. The summed E-state index contributed by atoms with van der Waals surface area (Å²) in [6.07, 6.45) is 18.0. The van der Waals surface area contributed by atoms with E-state index in [9.17, 15) is 14.7 Å². The Morgan fingerprint density at radius 2 is 1.55 bits per heavy atom. The van der Waals surface area contributed by atoms with Crippen molar-refractivity contribution in [3.05, 3.63) is 12.2 Å². The third-order valence-corrected chi connectivity index (χ3v) is 17.0. The Morgan fingerprint density at radius 1 is 0.851 bits per heavy atom. The van der Waals surface area contributed by atoms with Gasteiger partial charge in [-0.3, -0.25) is 9.59 Å². The van der Waals surface area contributed by atoms with Gasteiger partial charge < -0.3 is 14.7 Å². The summed E-state index contributed by atoms with van der Waals surface area (Å²) in [5.41, 5.74) is 1.57. The van der Waals surface area contributed by atoms with Crippen LogP contribution in [0, 0.1) is 62.1 Å². The van der Waals surface area contributed by atoms with Crippen molar-refractivity contribution in [3.63, 3.8) is 0 Å². The van der Waals surface area contributed by atoms with Gasteiger partial charge in [0.25, 0.3) is 0 Å². The summed E-state index contributed by atoms with van der Waals surface area (Å²) in [6, 6.07) is 0. The molecule has 266 valence electrons. The quantitative estimate of drug-likeness (QED) is 0.209. The van der Waals surface area contributed by atoms with Crippen molar-refractivity contribution in [2.24, 2.45) is 62.1 Å². The maximum atomic E-state index is 13.1. The van der Waals surface area contributed by atoms with Crippen LogP contribution in [-0.2, 0) is 14.3 Å². The lowest BCUT2D eigenvalue weighted by atomic mass is 9.32. The summed E-state index contributed by atoms with van der Waals surface area (Å²) in [4.78, 5) is 27.6. The molecule has 6 fully saturated rings. The molecule has 5 nitrogen and oxygen atoms in total. The predicted molar refractivity (Wildman–Crippen MR) is 190 cm³/mol. The Balaban J connectivity index is 1.23. The summed E-state index contributed by atoms with van der Waals surface area (Å²) < 4.78 is 6.20. The molecule has 0 bridgehead atoms. The smallest absolute Gasteiger partial charge is 0.309 e. The van der Waals surface area contributed by atoms with E-state index in [1.807, 2.05) is 0 Å². The minimum absolute atomic E-state index is 0.0802. The minimum atomic E-state index is -1.11. The third-order valence-electron chi connectivity index (χ3n) is 17.0. The van der Waals surface area contributed by atoms with E-state index in [1.165, 1.54) is 102 Å². The highest BCUT2D eigenvalue weighted by Crippen LogP contribution is 2.78. The van der Waals surface area contributed by atoms with Crippen molar-refractivity contribution in [2.75, 3.05) is 19.6 Å². The Kier molecular flexibility index (Phi) is 9.17. The van der Waals surface area contributed by atoms with Gasteiger partial charge in [0.05, 0.1) is 11.8 Å². The number of nitrogens with zero attached hydrogens (tertiary/aromatic N) is 1. The molecule has 5 aliphatic carbocycles. The molecule has 0 radical (unpaired) electrons. The number of aliphatic carboxylic acids is 1. The van der Waals surface area contributed by atoms with Crippen LogP contribution in [0.5, 0.6) is 0 Å². The molecule has 0 aromatic heterocycles. The maximum Gasteiger partial charge on any atom is 0.309 e. The molecule has 10 atom stereocenters. The number of allylic oxidation sites excluding steroid dienone is 1. The minimum Gasteiger partial charge on any atom is -0.481 e. The van der Waals surface area contributed by atoms with Gasteiger partial charge in [-0.1, -0.05) is 53.2 Å². The molecule has 0 aromatic rings. The topological polar surface area (TPSA) is 66.8 Å². The van der Waals surface area contributed by atoms with Gasteiger partial charge in [-0.25, -0.2) is 0 Å². The van der Waals surface area contributed by atoms with Crippen LogP contribution in [0.1, 0.15) is 152 Å². The van der Waals surface area contributed by atoms with Crippen molar-refractivity contribution in [1.82, 2.24) is 4.90 Å². The van der Waals surface area contributed by atoms with E-state index in [1.54, 1.807) is 13.8 Å². The number of carbonyl (C=O) groups excluding carboxylic acids is 1. The Bertz CT molecular complexity index is 1230. The van der Waals surface area contributed by atoms with Crippen molar-refractivity contribution >= 4 is 11.9 Å². The zero-order chi connectivity index (χ0) is 34.2. The Labute approximate surface area is 287 Å². The standard InChI is InChI=1S/C42H69NO4/c1-28(2)29-15-20-42(23-26-43-24-11-10-12-25-43)22-21-40(8)30(35(29)42)13-14-32-39(7)18-17-33(47-34(44)27-37(3,4)36(45)46)38(5,6)31(39)16-19-41(32,40)9/h29-33,35H,1,10-27H2,2-9H3,(H,45,46)/t29-,30+,31?,32?,33-,35?,39-,40+,41+,42+/m0/s1. The van der Waals surface area contributed by atoms with Gasteiger partial charge in [-0.2, -0.15) is 0 Å². The highest BCUT2D eigenvalue weighted by molar-refractivity contribution is 5.81. The van der Waals surface area contributed by atoms with E-state index < -0.39 is 11.4 Å². The van der Waals surface area contributed by atoms with Crippen LogP contribution in [0.15, 0.2) is 12.2 Å². The highest BCUT2D eigenvalue weighted by atomic mass is 16.5. The fourth-order valence-electron chi connectivity index (χ4n) is 14.1. The highest BCUT2D eigenvalue weighted by Gasteiger charge is 2.71. The van der Waals surface area contributed by atoms with Crippen LogP contribution < -0.4 is 0 Å². The monoisotopic (exact) mass is 652 g/mol. The molecule has 47 heavy (non-hydrogen) atoms. The first kappa shape index (κ1) is 35.5. The SMILES string of the molecule is C=C(C)[C@@H]1CC[C@]2(CCN3CCCCC3)CC[C@]3(C)[C@H](CCC4[C@@]5(C)CC[C@H](OC(=O)CC(C)(C)C(=O)O)C(C)(C)C5CC[C@]43C)C12. The molecule has 6 rings (SSSR count). The van der Waals surface area contributed by atoms with E-state index in [-0.39, 0.29) is 29.3 Å². The zero-order valence-corrected chi connectivity index (χ0v) is 31.5. The molecule has 1 heterocycles. The Morgan fingerprint density at radius 3 is 2.21 bits per heavy atom. The second-order valence-electron chi connectivity index (χ2n) is 19.9. The average molecular weight is 652 g/mol. The molecule has 0 spiro atoms. The second kappa shape index (κ2) is 12.2. The average Bonchev–Trinajstić information content (AvgIpc) is 3.38. The van der Waals surface area contributed by atoms with E-state index in [4.69, 9.17) is 4.74 Å². The maximum absolute atomic E-state index is 13.1. The number of carbonyl (C=O) groups is 2. The number of rotatable bonds is 8. The number of likely N-dealkylation sites (tertiary alicyclic amines) is 1. The van der Waals surface area contributed by atoms with Crippen LogP contribution in [0.4, 0.5) is 0 Å². The lowest BCUT2D eigenvalue weighted by molar-refractivity contribution is -0.250. The van der Waals surface area contributed by atoms with Crippen LogP contribution in [-0.4, -0.2) is 47.7 Å². The predicted octanol–water partition coefficient (Wildman–Crippen LogP) is 9.93. The first-order valence-electron chi connectivity index (χ1n) is 19.7. The zero-order valence-electron chi connectivity index (χ0n) is 31.5. The van der Waals surface area contributed by atoms with Gasteiger partial charge in [0.15, 0.2) is 0 Å². The molecule has 0 amide bonds. The van der Waals surface area contributed by atoms with Gasteiger partial charge in [0, 0.05) is 5.41 Å². The third kappa shape index (κ3) is 5.58. The van der Waals surface area contributed by atoms with E-state index in [0.29, 0.717) is 34.0 Å². The van der Waals surface area contributed by atoms with E-state index >= 15 is 0 Å². The normalized spacial score (nSPS) is 44.8. The van der Waals surface area contributed by atoms with E-state index in [2.05, 4.69) is 53.0 Å². The van der Waals surface area contributed by atoms with Gasteiger partial charge in [-0.15, -0.1) is 0 Å². The van der Waals surface area contributed by atoms with Crippen LogP contribution in [0.3, 0.4) is 0 Å². The van der Waals surface area contributed by atoms with Gasteiger partial charge in [-0.05, 0) is 175 Å². The number of hydrogen-bond acceptors (Lipinski definition) is 4. The van der Waals surface area contributed by atoms with Gasteiger partial charge >= 0.3 is 11.9 Å². The molecule has 5 heteroatoms. The first-order valence-corrected chi connectivity index (χ1v) is 19.7. The summed E-state index contributed by atoms with van der Waals surface area (Å²) >= 11 is 0. The number of piperidine rings is 1. The number of ether oxygens (including phenoxy) is 1. The molecule has 3 unspecified atom stereocenters. The first-order chi connectivity index (χ1) is 21.9. The molecule has 1 N–H and O–H groups in total. The largest absolute Gasteiger partial charge is 0.481 e. The lowest BCUT2D eigenvalue weighted by Crippen LogP contribution is -2.66. The number of esters is 1. The Hall–Kier alpha value is -1.36. The molecule has 1 saturated heterocycles. The van der Waals surface area contributed by atoms with Crippen LogP contribution >= 0.6 is 0 Å². The fraction of sp³-hybridized carbons (Fsp3) is 0.905. The number of carboxylic acid groups (broad SMARTS) is 1. The van der Waals surface area contributed by atoms with Crippen molar-refractivity contribution in [3.8, 4) is 0 Å². The molecule has 1 aliphatic heterocycles. The van der Waals surface area contributed by atoms with Crippen LogP contribution in [0.2, 0.25) is 0 Å². The van der Waals surface area contributed by atoms with Gasteiger partial charge in [0.2, 0.25) is 0 Å². The number of fused-ring (bicyclic) bond motifs is 7. The molecule has 6 aliphatic rings. The molecule has 5 saturated carbocycles. The van der Waals surface area contributed by atoms with Crippen LogP contribution in [0.25, 0.3) is 0 Å². The lowest BCUT2D eigenvalue weighted by Gasteiger charge is -2.73. The molecular weight excluding hydrogens is 582 g/mol. The van der Waals surface area contributed by atoms with Gasteiger partial charge in [0.1, 0.15) is 6.10 Å². The van der Waals surface area contributed by atoms with E-state index in [0.717, 1.165) is 24.7 Å². The van der Waals surface area contributed by atoms with Crippen molar-refractivity contribution < 1.29 is 19.4 Å². The number of hydrogen-bond donors (Lipinski definition) is 1. The van der Waals surface area contributed by atoms with Crippen molar-refractivity contribution in [2.45, 2.75) is 158 Å². The summed E-state index contributed by atoms with van der Waals surface area (Å²) in [6.45, 7) is 26.9. The number of carboxylic acids is 1. The summed E-state index contributed by atoms with van der Waals surface area (Å²) in [5, 5.41) is 9.60. The summed E-state index contributed by atoms with van der Waals surface area (Å²) in [5.74, 6) is 2.12. The molecular formula is C42H69NO4. The second-order valence-corrected chi connectivity index (χ2v) is 19.9. The molecule has 0 aromatic carbocycles. The fourth-order valence-corrected chi connectivity index (χ4v) is 14.1.